The van der Waals surface area contributed by atoms with E-state index in [1.165, 1.54) is 18.3 Å². The molecule has 0 spiro atoms. The molecule has 8 heteroatoms. The zero-order valence-electron chi connectivity index (χ0n) is 11.0. The van der Waals surface area contributed by atoms with E-state index < -0.39 is 18.5 Å². The van der Waals surface area contributed by atoms with Crippen molar-refractivity contribution in [2.75, 3.05) is 11.9 Å². The van der Waals surface area contributed by atoms with Gasteiger partial charge in [0.15, 0.2) is 6.61 Å². The smallest absolute Gasteiger partial charge is 0.357 e. The summed E-state index contributed by atoms with van der Waals surface area (Å²) in [6, 6.07) is 7.66. The molecule has 5 nitrogen and oxygen atoms in total. The van der Waals surface area contributed by atoms with Crippen molar-refractivity contribution in [1.82, 2.24) is 4.98 Å². The second kappa shape index (κ2) is 7.45. The number of esters is 1. The molecule has 1 amide bonds. The molecule has 0 saturated carbocycles. The van der Waals surface area contributed by atoms with E-state index in [-0.39, 0.29) is 10.7 Å². The summed E-state index contributed by atoms with van der Waals surface area (Å²) in [6.45, 7) is -0.490. The van der Waals surface area contributed by atoms with Gasteiger partial charge in [0.05, 0.1) is 15.7 Å². The molecule has 0 unspecified atom stereocenters. The fraction of sp³-hybridized carbons (Fsp3) is 0.0714. The minimum atomic E-state index is -0.755. The predicted octanol–water partition coefficient (Wildman–Crippen LogP) is 3.84. The van der Waals surface area contributed by atoms with Crippen LogP contribution in [0.25, 0.3) is 0 Å². The fourth-order valence-corrected chi connectivity index (χ4v) is 2.02. The third-order valence-corrected chi connectivity index (χ3v) is 3.55. The first-order chi connectivity index (χ1) is 10.5. The van der Waals surface area contributed by atoms with Gasteiger partial charge < -0.3 is 10.1 Å². The van der Waals surface area contributed by atoms with Gasteiger partial charge in [-0.3, -0.25) is 4.79 Å². The summed E-state index contributed by atoms with van der Waals surface area (Å²) in [5, 5.41) is 3.35. The van der Waals surface area contributed by atoms with Crippen LogP contribution in [0.2, 0.25) is 15.1 Å². The minimum absolute atomic E-state index is 0.0149. The van der Waals surface area contributed by atoms with E-state index in [2.05, 4.69) is 10.3 Å². The van der Waals surface area contributed by atoms with Crippen molar-refractivity contribution in [1.29, 1.82) is 0 Å². The second-order valence-electron chi connectivity index (χ2n) is 4.08. The van der Waals surface area contributed by atoms with Gasteiger partial charge in [-0.2, -0.15) is 0 Å². The molecule has 1 heterocycles. The summed E-state index contributed by atoms with van der Waals surface area (Å²) in [7, 11) is 0. The van der Waals surface area contributed by atoms with Crippen LogP contribution in [0.15, 0.2) is 36.5 Å². The molecule has 0 aliphatic rings. The molecule has 0 atom stereocenters. The van der Waals surface area contributed by atoms with E-state index in [0.29, 0.717) is 15.7 Å². The number of ether oxygens (including phenoxy) is 1. The zero-order valence-corrected chi connectivity index (χ0v) is 13.2. The van der Waals surface area contributed by atoms with Crippen molar-refractivity contribution in [3.63, 3.8) is 0 Å². The Morgan fingerprint density at radius 1 is 1.18 bits per heavy atom. The van der Waals surface area contributed by atoms with E-state index in [1.807, 2.05) is 0 Å². The summed E-state index contributed by atoms with van der Waals surface area (Å²) in [4.78, 5) is 27.2. The number of halogens is 3. The number of pyridine rings is 1. The molecule has 2 aromatic rings. The topological polar surface area (TPSA) is 68.3 Å². The Labute approximate surface area is 141 Å². The number of hydrogen-bond donors (Lipinski definition) is 1. The maximum absolute atomic E-state index is 11.7. The summed E-state index contributed by atoms with van der Waals surface area (Å²) < 4.78 is 4.84. The molecule has 114 valence electrons. The number of carbonyl (C=O) groups is 2. The molecular formula is C14H9Cl3N2O3. The van der Waals surface area contributed by atoms with Gasteiger partial charge in [-0.15, -0.1) is 0 Å². The number of anilines is 1. The molecule has 1 N–H and O–H groups in total. The van der Waals surface area contributed by atoms with Crippen LogP contribution >= 0.6 is 34.8 Å². The molecule has 0 aliphatic heterocycles. The molecular weight excluding hydrogens is 351 g/mol. The first kappa shape index (κ1) is 16.5. The highest BCUT2D eigenvalue weighted by molar-refractivity contribution is 6.44. The van der Waals surface area contributed by atoms with E-state index in [1.54, 1.807) is 18.2 Å². The molecule has 1 aromatic heterocycles. The van der Waals surface area contributed by atoms with Crippen molar-refractivity contribution in [3.8, 4) is 0 Å². The van der Waals surface area contributed by atoms with Gasteiger partial charge in [-0.1, -0.05) is 40.9 Å². The van der Waals surface area contributed by atoms with E-state index >= 15 is 0 Å². The monoisotopic (exact) mass is 358 g/mol. The average molecular weight is 360 g/mol. The number of nitrogens with zero attached hydrogens (tertiary/aromatic N) is 1. The van der Waals surface area contributed by atoms with Crippen LogP contribution in [0.4, 0.5) is 5.69 Å². The van der Waals surface area contributed by atoms with E-state index in [0.717, 1.165) is 0 Å². The van der Waals surface area contributed by atoms with Gasteiger partial charge in [0.2, 0.25) is 0 Å². The van der Waals surface area contributed by atoms with Crippen molar-refractivity contribution >= 4 is 52.4 Å². The summed E-state index contributed by atoms with van der Waals surface area (Å²) >= 11 is 17.5. The molecule has 0 fully saturated rings. The van der Waals surface area contributed by atoms with Crippen LogP contribution < -0.4 is 5.32 Å². The van der Waals surface area contributed by atoms with Crippen molar-refractivity contribution in [3.05, 3.63) is 57.3 Å². The van der Waals surface area contributed by atoms with Crippen molar-refractivity contribution in [2.45, 2.75) is 0 Å². The van der Waals surface area contributed by atoms with Crippen LogP contribution in [0.3, 0.4) is 0 Å². The second-order valence-corrected chi connectivity index (χ2v) is 5.31. The Kier molecular flexibility index (Phi) is 5.60. The summed E-state index contributed by atoms with van der Waals surface area (Å²) in [5.74, 6) is -1.31. The number of benzene rings is 1. The Balaban J connectivity index is 1.93. The highest BCUT2D eigenvalue weighted by atomic mass is 35.5. The standard InChI is InChI=1S/C14H9Cl3N2O3/c15-8-4-5-18-11(6-8)14(21)22-7-12(20)19-10-3-1-2-9(16)13(10)17/h1-6H,7H2,(H,19,20). The first-order valence-electron chi connectivity index (χ1n) is 6.00. The zero-order chi connectivity index (χ0) is 16.1. The minimum Gasteiger partial charge on any atom is -0.451 e. The highest BCUT2D eigenvalue weighted by Gasteiger charge is 2.13. The lowest BCUT2D eigenvalue weighted by molar-refractivity contribution is -0.119. The van der Waals surface area contributed by atoms with Crippen LogP contribution in [0, 0.1) is 0 Å². The van der Waals surface area contributed by atoms with Gasteiger partial charge >= 0.3 is 5.97 Å². The van der Waals surface area contributed by atoms with Gasteiger partial charge in [0.25, 0.3) is 5.91 Å². The average Bonchev–Trinajstić information content (AvgIpc) is 2.49. The van der Waals surface area contributed by atoms with Crippen LogP contribution in [-0.2, 0) is 9.53 Å². The first-order valence-corrected chi connectivity index (χ1v) is 7.13. The highest BCUT2D eigenvalue weighted by Crippen LogP contribution is 2.29. The quantitative estimate of drug-likeness (QED) is 0.842. The van der Waals surface area contributed by atoms with Crippen LogP contribution in [0.5, 0.6) is 0 Å². The lowest BCUT2D eigenvalue weighted by atomic mass is 10.3. The Bertz CT molecular complexity index is 722. The van der Waals surface area contributed by atoms with E-state index in [4.69, 9.17) is 39.5 Å². The number of aromatic nitrogens is 1. The van der Waals surface area contributed by atoms with Crippen molar-refractivity contribution in [2.24, 2.45) is 0 Å². The van der Waals surface area contributed by atoms with E-state index in [9.17, 15) is 9.59 Å². The fourth-order valence-electron chi connectivity index (χ4n) is 1.51. The van der Waals surface area contributed by atoms with Crippen LogP contribution in [0.1, 0.15) is 10.5 Å². The van der Waals surface area contributed by atoms with Gasteiger partial charge in [0, 0.05) is 11.2 Å². The van der Waals surface area contributed by atoms with Crippen LogP contribution in [-0.4, -0.2) is 23.5 Å². The molecule has 0 saturated heterocycles. The number of rotatable bonds is 4. The Hall–Kier alpha value is -1.82. The van der Waals surface area contributed by atoms with Crippen molar-refractivity contribution < 1.29 is 14.3 Å². The number of hydrogen-bond acceptors (Lipinski definition) is 4. The normalized spacial score (nSPS) is 10.1. The largest absolute Gasteiger partial charge is 0.451 e. The molecule has 0 radical (unpaired) electrons. The lowest BCUT2D eigenvalue weighted by Gasteiger charge is -2.08. The molecule has 0 aliphatic carbocycles. The van der Waals surface area contributed by atoms with Gasteiger partial charge in [-0.05, 0) is 24.3 Å². The molecule has 0 bridgehead atoms. The maximum atomic E-state index is 11.7. The Morgan fingerprint density at radius 2 is 1.95 bits per heavy atom. The van der Waals surface area contributed by atoms with Gasteiger partial charge in [0.1, 0.15) is 5.69 Å². The number of carbonyl (C=O) groups excluding carboxylic acids is 2. The molecule has 22 heavy (non-hydrogen) atoms. The summed E-state index contributed by atoms with van der Waals surface area (Å²) in [5.41, 5.74) is 0.345. The summed E-state index contributed by atoms with van der Waals surface area (Å²) in [6.07, 6.45) is 1.37. The SMILES string of the molecule is O=C(COC(=O)c1cc(Cl)ccn1)Nc1cccc(Cl)c1Cl. The van der Waals surface area contributed by atoms with Gasteiger partial charge in [-0.25, -0.2) is 9.78 Å². The lowest BCUT2D eigenvalue weighted by Crippen LogP contribution is -2.21. The predicted molar refractivity (Wildman–Crippen MR) is 84.6 cm³/mol. The molecule has 2 rings (SSSR count). The number of amides is 1. The third kappa shape index (κ3) is 4.34. The Morgan fingerprint density at radius 3 is 2.68 bits per heavy atom. The third-order valence-electron chi connectivity index (χ3n) is 2.49. The molecule has 1 aromatic carbocycles. The number of nitrogens with one attached hydrogen (secondary N) is 1. The maximum Gasteiger partial charge on any atom is 0.357 e.